The number of benzene rings is 1. The molecule has 22 heavy (non-hydrogen) atoms. The Balaban J connectivity index is 2.47. The Bertz CT molecular complexity index is 459. The van der Waals surface area contributed by atoms with Crippen molar-refractivity contribution in [2.45, 2.75) is 33.1 Å². The van der Waals surface area contributed by atoms with Crippen LogP contribution in [0.2, 0.25) is 0 Å². The molecule has 0 spiro atoms. The van der Waals surface area contributed by atoms with Crippen molar-refractivity contribution < 1.29 is 4.79 Å². The van der Waals surface area contributed by atoms with E-state index in [1.54, 1.807) is 0 Å². The highest BCUT2D eigenvalue weighted by atomic mass is 16.1. The van der Waals surface area contributed by atoms with Crippen molar-refractivity contribution in [1.82, 2.24) is 16.0 Å². The summed E-state index contributed by atoms with van der Waals surface area (Å²) in [4.78, 5) is 15.9. The standard InChI is InChI=1S/C17H28N4O/c1-4-11-19-16(22)13-21-17(18-5-2)20-12-14(3)15-9-7-6-8-10-15/h6-10,14H,4-5,11-13H2,1-3H3,(H,19,22)(H2,18,20,21). The van der Waals surface area contributed by atoms with Gasteiger partial charge in [0.15, 0.2) is 5.96 Å². The Morgan fingerprint density at radius 2 is 1.86 bits per heavy atom. The fourth-order valence-electron chi connectivity index (χ4n) is 1.96. The van der Waals surface area contributed by atoms with Crippen LogP contribution in [0.15, 0.2) is 35.3 Å². The number of hydrogen-bond acceptors (Lipinski definition) is 2. The third-order valence-electron chi connectivity index (χ3n) is 3.24. The Kier molecular flexibility index (Phi) is 8.72. The zero-order chi connectivity index (χ0) is 16.2. The van der Waals surface area contributed by atoms with Gasteiger partial charge in [0.2, 0.25) is 5.91 Å². The van der Waals surface area contributed by atoms with Crippen molar-refractivity contribution >= 4 is 11.9 Å². The quantitative estimate of drug-likeness (QED) is 0.507. The van der Waals surface area contributed by atoms with Gasteiger partial charge in [-0.1, -0.05) is 44.2 Å². The summed E-state index contributed by atoms with van der Waals surface area (Å²) in [5, 5.41) is 9.27. The number of nitrogens with zero attached hydrogens (tertiary/aromatic N) is 1. The van der Waals surface area contributed by atoms with Crippen molar-refractivity contribution in [2.75, 3.05) is 26.2 Å². The Morgan fingerprint density at radius 1 is 1.14 bits per heavy atom. The minimum atomic E-state index is -0.0461. The summed E-state index contributed by atoms with van der Waals surface area (Å²) in [5.41, 5.74) is 1.28. The normalized spacial score (nSPS) is 12.6. The van der Waals surface area contributed by atoms with E-state index in [4.69, 9.17) is 0 Å². The molecule has 3 N–H and O–H groups in total. The number of aliphatic imine (C=N–C) groups is 1. The molecule has 1 aromatic rings. The van der Waals surface area contributed by atoms with Gasteiger partial charge in [0, 0.05) is 19.6 Å². The number of amides is 1. The van der Waals surface area contributed by atoms with E-state index in [1.165, 1.54) is 5.56 Å². The average molecular weight is 304 g/mol. The average Bonchev–Trinajstić information content (AvgIpc) is 2.55. The number of rotatable bonds is 8. The molecule has 0 saturated carbocycles. The molecule has 1 rings (SSSR count). The first kappa shape index (κ1) is 18.0. The summed E-state index contributed by atoms with van der Waals surface area (Å²) >= 11 is 0. The summed E-state index contributed by atoms with van der Waals surface area (Å²) in [6.07, 6.45) is 0.933. The lowest BCUT2D eigenvalue weighted by Gasteiger charge is -2.16. The number of carbonyl (C=O) groups is 1. The van der Waals surface area contributed by atoms with Crippen LogP contribution in [0.1, 0.15) is 38.7 Å². The first-order valence-corrected chi connectivity index (χ1v) is 8.01. The van der Waals surface area contributed by atoms with E-state index in [1.807, 2.05) is 32.0 Å². The van der Waals surface area contributed by atoms with Crippen LogP contribution in [0.5, 0.6) is 0 Å². The molecule has 0 fully saturated rings. The van der Waals surface area contributed by atoms with Gasteiger partial charge < -0.3 is 16.0 Å². The highest BCUT2D eigenvalue weighted by molar-refractivity contribution is 5.84. The highest BCUT2D eigenvalue weighted by Gasteiger charge is 2.06. The number of carbonyl (C=O) groups excluding carboxylic acids is 1. The van der Waals surface area contributed by atoms with Crippen LogP contribution >= 0.6 is 0 Å². The van der Waals surface area contributed by atoms with Crippen LogP contribution in [-0.2, 0) is 4.79 Å². The molecule has 1 amide bonds. The molecule has 5 heteroatoms. The van der Waals surface area contributed by atoms with Gasteiger partial charge in [-0.15, -0.1) is 0 Å². The molecule has 0 aliphatic carbocycles. The van der Waals surface area contributed by atoms with Crippen molar-refractivity contribution in [2.24, 2.45) is 4.99 Å². The molecule has 1 unspecified atom stereocenters. The third-order valence-corrected chi connectivity index (χ3v) is 3.24. The molecule has 0 saturated heterocycles. The van der Waals surface area contributed by atoms with Crippen LogP contribution < -0.4 is 16.0 Å². The monoisotopic (exact) mass is 304 g/mol. The minimum Gasteiger partial charge on any atom is -0.357 e. The maximum Gasteiger partial charge on any atom is 0.241 e. The smallest absolute Gasteiger partial charge is 0.241 e. The van der Waals surface area contributed by atoms with E-state index in [0.717, 1.165) is 19.5 Å². The molecule has 0 aliphatic rings. The van der Waals surface area contributed by atoms with Crippen LogP contribution in [0, 0.1) is 0 Å². The Hall–Kier alpha value is -2.04. The molecule has 0 bridgehead atoms. The fourth-order valence-corrected chi connectivity index (χ4v) is 1.96. The molecule has 0 aromatic heterocycles. The fraction of sp³-hybridized carbons (Fsp3) is 0.529. The maximum absolute atomic E-state index is 11.6. The number of guanidine groups is 1. The van der Waals surface area contributed by atoms with Gasteiger partial charge in [0.1, 0.15) is 6.54 Å². The predicted octanol–water partition coefficient (Wildman–Crippen LogP) is 1.87. The SMILES string of the molecule is CCCNC(=O)CN=C(NCC)NCC(C)c1ccccc1. The molecule has 1 aromatic carbocycles. The summed E-state index contributed by atoms with van der Waals surface area (Å²) in [5.74, 6) is 1.01. The second-order valence-corrected chi connectivity index (χ2v) is 5.24. The number of nitrogens with one attached hydrogen (secondary N) is 3. The first-order valence-electron chi connectivity index (χ1n) is 8.01. The van der Waals surface area contributed by atoms with Crippen LogP contribution in [0.4, 0.5) is 0 Å². The highest BCUT2D eigenvalue weighted by Crippen LogP contribution is 2.12. The van der Waals surface area contributed by atoms with E-state index < -0.39 is 0 Å². The first-order chi connectivity index (χ1) is 10.7. The van der Waals surface area contributed by atoms with Gasteiger partial charge in [-0.05, 0) is 24.8 Å². The van der Waals surface area contributed by atoms with E-state index >= 15 is 0 Å². The molecule has 122 valence electrons. The Morgan fingerprint density at radius 3 is 2.50 bits per heavy atom. The topological polar surface area (TPSA) is 65.5 Å². The zero-order valence-corrected chi connectivity index (χ0v) is 13.9. The molecule has 1 atom stereocenters. The molecular formula is C17H28N4O. The van der Waals surface area contributed by atoms with Gasteiger partial charge in [-0.25, -0.2) is 4.99 Å². The van der Waals surface area contributed by atoms with Gasteiger partial charge >= 0.3 is 0 Å². The second kappa shape index (κ2) is 10.7. The van der Waals surface area contributed by atoms with Crippen molar-refractivity contribution in [3.05, 3.63) is 35.9 Å². The zero-order valence-electron chi connectivity index (χ0n) is 13.9. The van der Waals surface area contributed by atoms with Crippen molar-refractivity contribution in [3.63, 3.8) is 0 Å². The molecular weight excluding hydrogens is 276 g/mol. The molecule has 5 nitrogen and oxygen atoms in total. The largest absolute Gasteiger partial charge is 0.357 e. The lowest BCUT2D eigenvalue weighted by atomic mass is 10.0. The van der Waals surface area contributed by atoms with Gasteiger partial charge in [-0.2, -0.15) is 0 Å². The van der Waals surface area contributed by atoms with E-state index in [9.17, 15) is 4.79 Å². The van der Waals surface area contributed by atoms with Crippen LogP contribution in [-0.4, -0.2) is 38.0 Å². The van der Waals surface area contributed by atoms with Gasteiger partial charge in [0.25, 0.3) is 0 Å². The number of hydrogen-bond donors (Lipinski definition) is 3. The second-order valence-electron chi connectivity index (χ2n) is 5.24. The summed E-state index contributed by atoms with van der Waals surface area (Å²) in [6.45, 7) is 8.59. The van der Waals surface area contributed by atoms with Crippen LogP contribution in [0.3, 0.4) is 0 Å². The predicted molar refractivity (Wildman–Crippen MR) is 92.1 cm³/mol. The van der Waals surface area contributed by atoms with Crippen LogP contribution in [0.25, 0.3) is 0 Å². The van der Waals surface area contributed by atoms with Crippen molar-refractivity contribution in [3.8, 4) is 0 Å². The summed E-state index contributed by atoms with van der Waals surface area (Å²) < 4.78 is 0. The van der Waals surface area contributed by atoms with E-state index in [0.29, 0.717) is 18.4 Å². The summed E-state index contributed by atoms with van der Waals surface area (Å²) in [6, 6.07) is 10.3. The molecule has 0 aliphatic heterocycles. The lowest BCUT2D eigenvalue weighted by Crippen LogP contribution is -2.40. The Labute approximate surface area is 133 Å². The maximum atomic E-state index is 11.6. The molecule has 0 radical (unpaired) electrons. The summed E-state index contributed by atoms with van der Waals surface area (Å²) in [7, 11) is 0. The lowest BCUT2D eigenvalue weighted by molar-refractivity contribution is -0.119. The van der Waals surface area contributed by atoms with Gasteiger partial charge in [0.05, 0.1) is 0 Å². The van der Waals surface area contributed by atoms with Crippen molar-refractivity contribution in [1.29, 1.82) is 0 Å². The van der Waals surface area contributed by atoms with Gasteiger partial charge in [-0.3, -0.25) is 4.79 Å². The van der Waals surface area contributed by atoms with E-state index in [-0.39, 0.29) is 12.5 Å². The van der Waals surface area contributed by atoms with E-state index in [2.05, 4.69) is 40.0 Å². The third kappa shape index (κ3) is 7.11. The minimum absolute atomic E-state index is 0.0461. The molecule has 0 heterocycles.